The van der Waals surface area contributed by atoms with E-state index in [1.54, 1.807) is 36.7 Å². The van der Waals surface area contributed by atoms with Crippen LogP contribution in [0.5, 0.6) is 0 Å². The fourth-order valence-electron chi connectivity index (χ4n) is 8.26. The maximum Gasteiger partial charge on any atom is 0.210 e. The predicted molar refractivity (Wildman–Crippen MR) is 231 cm³/mol. The van der Waals surface area contributed by atoms with Crippen LogP contribution in [0.2, 0.25) is 0 Å². The molecule has 0 radical (unpaired) electrons. The highest BCUT2D eigenvalue weighted by atomic mass is 35.5. The van der Waals surface area contributed by atoms with Gasteiger partial charge in [0.05, 0.1) is 32.1 Å². The molecule has 1 aliphatic heterocycles. The summed E-state index contributed by atoms with van der Waals surface area (Å²) in [7, 11) is 0. The van der Waals surface area contributed by atoms with Crippen LogP contribution >= 0.6 is 35.9 Å². The van der Waals surface area contributed by atoms with Gasteiger partial charge in [0, 0.05) is 63.8 Å². The highest BCUT2D eigenvalue weighted by Gasteiger charge is 2.54. The topological polar surface area (TPSA) is 68.0 Å². The van der Waals surface area contributed by atoms with E-state index in [0.717, 1.165) is 70.9 Å². The number of halogens is 3. The Labute approximate surface area is 349 Å². The number of nitrogens with zero attached hydrogens (tertiary/aromatic N) is 5. The standard InChI is InChI=1S/C46H38F2N6OS2.ClH/c1-29-18-20-32(47)26-38(29)56-44-40(42-36(16-10-22-50-42)53(44)34-12-6-4-7-13-34)46(31(3)49-24-25-52(46)28-55)41-43-37(17-11-23-51-43)54(35-14-8-5-9-15-35)45(41)57-39-27-33(48)21-19-30(39)2;/h4-23,26-28,31,49H,24-25H2,1-3H3;1H/t31-;/m0./s1. The van der Waals surface area contributed by atoms with Crippen LogP contribution in [0, 0.1) is 25.5 Å². The van der Waals surface area contributed by atoms with Gasteiger partial charge in [0.1, 0.15) is 17.2 Å². The molecule has 1 saturated heterocycles. The molecular formula is C46H39ClF2N6OS2. The normalized spacial score (nSPS) is 15.1. The minimum atomic E-state index is -1.27. The van der Waals surface area contributed by atoms with E-state index < -0.39 is 11.6 Å². The van der Waals surface area contributed by atoms with Crippen molar-refractivity contribution in [2.45, 2.75) is 52.2 Å². The smallest absolute Gasteiger partial charge is 0.210 e. The van der Waals surface area contributed by atoms with E-state index in [1.807, 2.05) is 104 Å². The van der Waals surface area contributed by atoms with Crippen molar-refractivity contribution in [2.24, 2.45) is 0 Å². The van der Waals surface area contributed by atoms with Gasteiger partial charge in [-0.3, -0.25) is 14.8 Å². The van der Waals surface area contributed by atoms with Crippen molar-refractivity contribution in [3.8, 4) is 11.4 Å². The Morgan fingerprint density at radius 2 is 1.16 bits per heavy atom. The van der Waals surface area contributed by atoms with E-state index in [4.69, 9.17) is 9.97 Å². The number of para-hydroxylation sites is 2. The highest BCUT2D eigenvalue weighted by molar-refractivity contribution is 7.99. The minimum absolute atomic E-state index is 0. The van der Waals surface area contributed by atoms with Crippen molar-refractivity contribution in [2.75, 3.05) is 13.1 Å². The van der Waals surface area contributed by atoms with Gasteiger partial charge in [-0.05, 0) is 105 Å². The van der Waals surface area contributed by atoms with Crippen molar-refractivity contribution in [1.82, 2.24) is 29.3 Å². The summed E-state index contributed by atoms with van der Waals surface area (Å²) in [4.78, 5) is 27.6. The Kier molecular flexibility index (Phi) is 10.9. The van der Waals surface area contributed by atoms with E-state index in [2.05, 4.69) is 21.4 Å². The van der Waals surface area contributed by atoms with Crippen LogP contribution in [0.15, 0.2) is 154 Å². The molecule has 0 aliphatic carbocycles. The Morgan fingerprint density at radius 3 is 1.60 bits per heavy atom. The number of aryl methyl sites for hydroxylation is 2. The number of pyridine rings is 2. The maximum atomic E-state index is 15.2. The lowest BCUT2D eigenvalue weighted by Crippen LogP contribution is -2.64. The number of carbonyl (C=O) groups is 1. The summed E-state index contributed by atoms with van der Waals surface area (Å²) in [5.41, 5.74) is 6.89. The second kappa shape index (κ2) is 16.1. The molecule has 292 valence electrons. The zero-order chi connectivity index (χ0) is 39.3. The van der Waals surface area contributed by atoms with Crippen LogP contribution in [-0.2, 0) is 10.3 Å². The largest absolute Gasteiger partial charge is 0.328 e. The van der Waals surface area contributed by atoms with Gasteiger partial charge in [-0.25, -0.2) is 8.78 Å². The number of rotatable bonds is 9. The van der Waals surface area contributed by atoms with Crippen LogP contribution in [-0.4, -0.2) is 49.5 Å². The minimum Gasteiger partial charge on any atom is -0.328 e. The van der Waals surface area contributed by atoms with E-state index >= 15 is 8.78 Å². The molecule has 1 atom stereocenters. The first-order chi connectivity index (χ1) is 27.8. The zero-order valence-corrected chi connectivity index (χ0v) is 34.3. The quantitative estimate of drug-likeness (QED) is 0.146. The van der Waals surface area contributed by atoms with Crippen LogP contribution in [0.3, 0.4) is 0 Å². The number of nitrogens with one attached hydrogen (secondary N) is 1. The van der Waals surface area contributed by atoms with E-state index in [1.165, 1.54) is 35.7 Å². The first-order valence-corrected chi connectivity index (χ1v) is 20.4. The van der Waals surface area contributed by atoms with Crippen LogP contribution in [0.1, 0.15) is 29.2 Å². The number of amides is 1. The number of hydrogen-bond donors (Lipinski definition) is 1. The third-order valence-corrected chi connectivity index (χ3v) is 13.4. The summed E-state index contributed by atoms with van der Waals surface area (Å²) in [6.45, 7) is 6.97. The maximum absolute atomic E-state index is 15.2. The lowest BCUT2D eigenvalue weighted by Gasteiger charge is -2.50. The Hall–Kier alpha value is -5.46. The first kappa shape index (κ1) is 39.4. The lowest BCUT2D eigenvalue weighted by atomic mass is 9.75. The van der Waals surface area contributed by atoms with Crippen molar-refractivity contribution in [3.63, 3.8) is 0 Å². The first-order valence-electron chi connectivity index (χ1n) is 18.7. The molecule has 5 heterocycles. The molecule has 0 saturated carbocycles. The van der Waals surface area contributed by atoms with Gasteiger partial charge < -0.3 is 19.4 Å². The van der Waals surface area contributed by atoms with Gasteiger partial charge >= 0.3 is 0 Å². The molecule has 1 fully saturated rings. The fraction of sp³-hybridized carbons (Fsp3) is 0.152. The summed E-state index contributed by atoms with van der Waals surface area (Å²) in [5, 5.41) is 5.33. The molecule has 12 heteroatoms. The number of fused-ring (bicyclic) bond motifs is 2. The van der Waals surface area contributed by atoms with Crippen LogP contribution in [0.25, 0.3) is 33.4 Å². The molecule has 9 rings (SSSR count). The lowest BCUT2D eigenvalue weighted by molar-refractivity contribution is -0.125. The monoisotopic (exact) mass is 828 g/mol. The summed E-state index contributed by atoms with van der Waals surface area (Å²) in [6, 6.07) is 37.2. The highest BCUT2D eigenvalue weighted by Crippen LogP contribution is 2.55. The van der Waals surface area contributed by atoms with E-state index in [-0.39, 0.29) is 24.0 Å². The van der Waals surface area contributed by atoms with Gasteiger partial charge in [-0.2, -0.15) is 0 Å². The van der Waals surface area contributed by atoms with E-state index in [9.17, 15) is 4.79 Å². The SMILES string of the molecule is Cc1ccc(F)cc1Sc1c(C2(c3c(Sc4cc(F)ccc4C)n(-c4ccccc4)c4cccnc34)[C@H](C)NCCN2C=O)c2ncccc2n1-c1ccccc1.Cl. The molecular weight excluding hydrogens is 790 g/mol. The Morgan fingerprint density at radius 1 is 0.690 bits per heavy atom. The molecule has 4 aromatic heterocycles. The number of piperazine rings is 1. The third-order valence-electron chi connectivity index (χ3n) is 10.9. The van der Waals surface area contributed by atoms with Gasteiger partial charge in [-0.1, -0.05) is 72.1 Å². The molecule has 0 bridgehead atoms. The average Bonchev–Trinajstić information content (AvgIpc) is 3.73. The van der Waals surface area contributed by atoms with Crippen molar-refractivity contribution in [1.29, 1.82) is 0 Å². The van der Waals surface area contributed by atoms with Gasteiger partial charge in [0.25, 0.3) is 0 Å². The van der Waals surface area contributed by atoms with Gasteiger partial charge in [0.2, 0.25) is 6.41 Å². The molecule has 4 aromatic carbocycles. The van der Waals surface area contributed by atoms with Gasteiger partial charge in [0.15, 0.2) is 0 Å². The zero-order valence-electron chi connectivity index (χ0n) is 31.9. The van der Waals surface area contributed by atoms with Crippen molar-refractivity contribution < 1.29 is 13.6 Å². The second-order valence-corrected chi connectivity index (χ2v) is 16.3. The van der Waals surface area contributed by atoms with Crippen LogP contribution in [0.4, 0.5) is 8.78 Å². The molecule has 0 spiro atoms. The van der Waals surface area contributed by atoms with Crippen LogP contribution < -0.4 is 5.32 Å². The Bertz CT molecular complexity index is 2620. The third kappa shape index (κ3) is 6.46. The van der Waals surface area contributed by atoms with E-state index in [0.29, 0.717) is 24.1 Å². The second-order valence-electron chi connectivity index (χ2n) is 14.2. The number of hydrogen-bond acceptors (Lipinski definition) is 6. The number of aromatic nitrogens is 4. The average molecular weight is 829 g/mol. The molecule has 1 N–H and O–H groups in total. The molecule has 1 amide bonds. The van der Waals surface area contributed by atoms with Gasteiger partial charge in [-0.15, -0.1) is 12.4 Å². The number of carbonyl (C=O) groups excluding carboxylic acids is 1. The fourth-order valence-corrected chi connectivity index (χ4v) is 10.8. The summed E-state index contributed by atoms with van der Waals surface area (Å²) in [6.07, 6.45) is 4.49. The van der Waals surface area contributed by atoms with Crippen molar-refractivity contribution >= 4 is 64.4 Å². The van der Waals surface area contributed by atoms with Crippen molar-refractivity contribution in [3.05, 3.63) is 168 Å². The molecule has 1 aliphatic rings. The molecule has 8 aromatic rings. The summed E-state index contributed by atoms with van der Waals surface area (Å²) >= 11 is 2.91. The summed E-state index contributed by atoms with van der Waals surface area (Å²) in [5.74, 6) is -0.692. The number of benzene rings is 4. The molecule has 58 heavy (non-hydrogen) atoms. The molecule has 7 nitrogen and oxygen atoms in total. The Balaban J connectivity index is 0.00000469. The predicted octanol–water partition coefficient (Wildman–Crippen LogP) is 10.7. The molecule has 0 unspecified atom stereocenters. The summed E-state index contributed by atoms with van der Waals surface area (Å²) < 4.78 is 34.7.